The minimum atomic E-state index is -0.303. The monoisotopic (exact) mass is 445 g/mol. The molecule has 2 aliphatic rings. The first kappa shape index (κ1) is 21.6. The number of halogens is 1. The summed E-state index contributed by atoms with van der Waals surface area (Å²) in [6.07, 6.45) is 6.78. The SMILES string of the molecule is Cc1nc([C@H]2CCCN(Cc3ccncc3)C2)nc2c1CCC(=O)N2Cc1ccccc1F. The van der Waals surface area contributed by atoms with Crippen molar-refractivity contribution >= 4 is 11.7 Å². The van der Waals surface area contributed by atoms with Gasteiger partial charge in [0.2, 0.25) is 5.91 Å². The van der Waals surface area contributed by atoms with Gasteiger partial charge in [0, 0.05) is 54.6 Å². The summed E-state index contributed by atoms with van der Waals surface area (Å²) in [5, 5.41) is 0. The molecule has 0 N–H and O–H groups in total. The number of amides is 1. The number of anilines is 1. The molecular weight excluding hydrogens is 417 g/mol. The van der Waals surface area contributed by atoms with Crippen LogP contribution in [0.4, 0.5) is 10.2 Å². The zero-order valence-corrected chi connectivity index (χ0v) is 18.9. The summed E-state index contributed by atoms with van der Waals surface area (Å²) in [5.41, 5.74) is 3.67. The van der Waals surface area contributed by atoms with Crippen molar-refractivity contribution in [3.8, 4) is 0 Å². The van der Waals surface area contributed by atoms with Gasteiger partial charge in [0.1, 0.15) is 17.5 Å². The lowest BCUT2D eigenvalue weighted by molar-refractivity contribution is -0.119. The fourth-order valence-corrected chi connectivity index (χ4v) is 4.90. The average molecular weight is 446 g/mol. The van der Waals surface area contributed by atoms with Gasteiger partial charge in [-0.2, -0.15) is 0 Å². The van der Waals surface area contributed by atoms with E-state index in [-0.39, 0.29) is 24.2 Å². The molecule has 2 aliphatic heterocycles. The molecule has 6 nitrogen and oxygen atoms in total. The van der Waals surface area contributed by atoms with Gasteiger partial charge < -0.3 is 0 Å². The first-order valence-corrected chi connectivity index (χ1v) is 11.6. The van der Waals surface area contributed by atoms with E-state index in [0.717, 1.165) is 49.6 Å². The number of aryl methyl sites for hydroxylation is 1. The second kappa shape index (κ2) is 9.35. The Labute approximate surface area is 193 Å². The van der Waals surface area contributed by atoms with Crippen LogP contribution in [0.5, 0.6) is 0 Å². The molecule has 0 bridgehead atoms. The van der Waals surface area contributed by atoms with E-state index in [0.29, 0.717) is 24.2 Å². The lowest BCUT2D eigenvalue weighted by Gasteiger charge is -2.34. The second-order valence-corrected chi connectivity index (χ2v) is 8.97. The summed E-state index contributed by atoms with van der Waals surface area (Å²) in [6, 6.07) is 10.7. The molecule has 7 heteroatoms. The summed E-state index contributed by atoms with van der Waals surface area (Å²) in [7, 11) is 0. The molecule has 0 aliphatic carbocycles. The van der Waals surface area contributed by atoms with E-state index in [1.165, 1.54) is 11.6 Å². The molecule has 0 radical (unpaired) electrons. The zero-order chi connectivity index (χ0) is 22.8. The Morgan fingerprint density at radius 2 is 1.88 bits per heavy atom. The predicted molar refractivity (Wildman–Crippen MR) is 124 cm³/mol. The summed E-state index contributed by atoms with van der Waals surface area (Å²) >= 11 is 0. The number of piperidine rings is 1. The first-order valence-electron chi connectivity index (χ1n) is 11.6. The molecule has 1 saturated heterocycles. The maximum absolute atomic E-state index is 14.3. The van der Waals surface area contributed by atoms with Crippen LogP contribution in [0, 0.1) is 12.7 Å². The molecule has 1 amide bonds. The van der Waals surface area contributed by atoms with Gasteiger partial charge in [0.15, 0.2) is 0 Å². The van der Waals surface area contributed by atoms with Gasteiger partial charge in [-0.05, 0) is 56.5 Å². The summed E-state index contributed by atoms with van der Waals surface area (Å²) in [4.78, 5) is 30.9. The number of pyridine rings is 1. The Morgan fingerprint density at radius 3 is 2.70 bits per heavy atom. The van der Waals surface area contributed by atoms with Crippen molar-refractivity contribution in [2.45, 2.75) is 51.6 Å². The predicted octanol–water partition coefficient (Wildman–Crippen LogP) is 4.18. The number of carbonyl (C=O) groups excluding carboxylic acids is 1. The smallest absolute Gasteiger partial charge is 0.228 e. The van der Waals surface area contributed by atoms with E-state index < -0.39 is 0 Å². The largest absolute Gasteiger partial charge is 0.298 e. The van der Waals surface area contributed by atoms with E-state index in [2.05, 4.69) is 22.0 Å². The molecule has 170 valence electrons. The molecule has 1 atom stereocenters. The normalized spacial score (nSPS) is 18.9. The molecule has 3 aromatic rings. The highest BCUT2D eigenvalue weighted by Gasteiger charge is 2.31. The molecule has 1 fully saturated rings. The van der Waals surface area contributed by atoms with Crippen LogP contribution < -0.4 is 4.90 Å². The topological polar surface area (TPSA) is 62.2 Å². The minimum Gasteiger partial charge on any atom is -0.298 e. The third kappa shape index (κ3) is 4.64. The maximum Gasteiger partial charge on any atom is 0.228 e. The van der Waals surface area contributed by atoms with E-state index in [1.54, 1.807) is 23.1 Å². The van der Waals surface area contributed by atoms with Gasteiger partial charge in [0.05, 0.1) is 6.54 Å². The number of rotatable bonds is 5. The highest BCUT2D eigenvalue weighted by molar-refractivity contribution is 5.95. The van der Waals surface area contributed by atoms with E-state index >= 15 is 0 Å². The quantitative estimate of drug-likeness (QED) is 0.590. The van der Waals surface area contributed by atoms with Crippen LogP contribution in [0.15, 0.2) is 48.8 Å². The van der Waals surface area contributed by atoms with Gasteiger partial charge in [-0.1, -0.05) is 18.2 Å². The fourth-order valence-electron chi connectivity index (χ4n) is 4.90. The Bertz CT molecular complexity index is 1150. The minimum absolute atomic E-state index is 0.0160. The Balaban J connectivity index is 1.42. The molecule has 5 rings (SSSR count). The van der Waals surface area contributed by atoms with Gasteiger partial charge in [0.25, 0.3) is 0 Å². The standard InChI is InChI=1S/C26H28FN5O/c1-18-22-8-9-24(33)32(17-20-5-2-3-7-23(20)27)26(22)30-25(29-18)21-6-4-14-31(16-21)15-19-10-12-28-13-11-19/h2-3,5,7,10-13,21H,4,6,8-9,14-17H2,1H3/t21-/m0/s1. The third-order valence-electron chi connectivity index (χ3n) is 6.67. The van der Waals surface area contributed by atoms with Crippen LogP contribution in [-0.4, -0.2) is 38.8 Å². The van der Waals surface area contributed by atoms with Crippen molar-refractivity contribution in [1.29, 1.82) is 0 Å². The maximum atomic E-state index is 14.3. The summed E-state index contributed by atoms with van der Waals surface area (Å²) < 4.78 is 14.3. The highest BCUT2D eigenvalue weighted by atomic mass is 19.1. The summed E-state index contributed by atoms with van der Waals surface area (Å²) in [6.45, 7) is 4.98. The number of benzene rings is 1. The van der Waals surface area contributed by atoms with E-state index in [4.69, 9.17) is 9.97 Å². The fraction of sp³-hybridized carbons (Fsp3) is 0.385. The Morgan fingerprint density at radius 1 is 1.06 bits per heavy atom. The molecule has 33 heavy (non-hydrogen) atoms. The van der Waals surface area contributed by atoms with Crippen molar-refractivity contribution < 1.29 is 9.18 Å². The first-order chi connectivity index (χ1) is 16.1. The molecular formula is C26H28FN5O. The number of nitrogens with zero attached hydrogens (tertiary/aromatic N) is 5. The number of fused-ring (bicyclic) bond motifs is 1. The Hall–Kier alpha value is -3.19. The molecule has 4 heterocycles. The van der Waals surface area contributed by atoms with Crippen molar-refractivity contribution in [2.75, 3.05) is 18.0 Å². The van der Waals surface area contributed by atoms with Crippen LogP contribution in [0.3, 0.4) is 0 Å². The lowest BCUT2D eigenvalue weighted by Crippen LogP contribution is -2.38. The lowest BCUT2D eigenvalue weighted by atomic mass is 9.95. The van der Waals surface area contributed by atoms with Crippen LogP contribution in [-0.2, 0) is 24.3 Å². The van der Waals surface area contributed by atoms with Crippen LogP contribution >= 0.6 is 0 Å². The zero-order valence-electron chi connectivity index (χ0n) is 18.9. The van der Waals surface area contributed by atoms with Gasteiger partial charge in [-0.25, -0.2) is 14.4 Å². The number of carbonyl (C=O) groups is 1. The van der Waals surface area contributed by atoms with Gasteiger partial charge >= 0.3 is 0 Å². The third-order valence-corrected chi connectivity index (χ3v) is 6.67. The molecule has 0 spiro atoms. The molecule has 2 aromatic heterocycles. The van der Waals surface area contributed by atoms with Crippen LogP contribution in [0.2, 0.25) is 0 Å². The van der Waals surface area contributed by atoms with Gasteiger partial charge in [-0.3, -0.25) is 19.6 Å². The van der Waals surface area contributed by atoms with E-state index in [9.17, 15) is 9.18 Å². The van der Waals surface area contributed by atoms with Gasteiger partial charge in [-0.15, -0.1) is 0 Å². The second-order valence-electron chi connectivity index (χ2n) is 8.97. The van der Waals surface area contributed by atoms with Crippen molar-refractivity contribution in [3.63, 3.8) is 0 Å². The number of hydrogen-bond acceptors (Lipinski definition) is 5. The van der Waals surface area contributed by atoms with Crippen molar-refractivity contribution in [2.24, 2.45) is 0 Å². The van der Waals surface area contributed by atoms with Crippen molar-refractivity contribution in [1.82, 2.24) is 19.9 Å². The van der Waals surface area contributed by atoms with E-state index in [1.807, 2.05) is 19.3 Å². The van der Waals surface area contributed by atoms with Crippen LogP contribution in [0.1, 0.15) is 53.4 Å². The average Bonchev–Trinajstić information content (AvgIpc) is 2.83. The number of aromatic nitrogens is 3. The van der Waals surface area contributed by atoms with Crippen LogP contribution in [0.25, 0.3) is 0 Å². The number of likely N-dealkylation sites (tertiary alicyclic amines) is 1. The highest BCUT2D eigenvalue weighted by Crippen LogP contribution is 2.33. The van der Waals surface area contributed by atoms with Crippen molar-refractivity contribution in [3.05, 3.63) is 82.8 Å². The summed E-state index contributed by atoms with van der Waals surface area (Å²) in [5.74, 6) is 1.33. The molecule has 0 saturated carbocycles. The molecule has 0 unspecified atom stereocenters. The number of hydrogen-bond donors (Lipinski definition) is 0. The molecule has 1 aromatic carbocycles. The Kier molecular flexibility index (Phi) is 6.13.